The average Bonchev–Trinajstić information content (AvgIpc) is 2.41. The molecule has 1 rings (SSSR count). The van der Waals surface area contributed by atoms with Crippen LogP contribution in [0.3, 0.4) is 0 Å². The molecular formula is C14H21NO3S. The van der Waals surface area contributed by atoms with Gasteiger partial charge in [0.25, 0.3) is 0 Å². The maximum absolute atomic E-state index is 12.0. The Morgan fingerprint density at radius 1 is 1.37 bits per heavy atom. The SMILES string of the molecule is CCOc1c(N)cccc1C(=O)OCCCSCC. The second kappa shape index (κ2) is 8.69. The third kappa shape index (κ3) is 5.03. The van der Waals surface area contributed by atoms with Crippen molar-refractivity contribution in [3.05, 3.63) is 23.8 Å². The van der Waals surface area contributed by atoms with Crippen molar-refractivity contribution < 1.29 is 14.3 Å². The topological polar surface area (TPSA) is 61.5 Å². The van der Waals surface area contributed by atoms with Crippen molar-refractivity contribution in [1.82, 2.24) is 0 Å². The Morgan fingerprint density at radius 3 is 2.84 bits per heavy atom. The summed E-state index contributed by atoms with van der Waals surface area (Å²) in [5, 5.41) is 0. The van der Waals surface area contributed by atoms with Crippen molar-refractivity contribution in [2.24, 2.45) is 0 Å². The molecular weight excluding hydrogens is 262 g/mol. The van der Waals surface area contributed by atoms with Gasteiger partial charge in [-0.25, -0.2) is 4.79 Å². The zero-order valence-electron chi connectivity index (χ0n) is 11.5. The first-order chi connectivity index (χ1) is 9.20. The molecule has 4 nitrogen and oxygen atoms in total. The van der Waals surface area contributed by atoms with E-state index in [0.29, 0.717) is 30.2 Å². The van der Waals surface area contributed by atoms with Crippen LogP contribution >= 0.6 is 11.8 Å². The van der Waals surface area contributed by atoms with Crippen LogP contribution < -0.4 is 10.5 Å². The van der Waals surface area contributed by atoms with E-state index in [0.717, 1.165) is 17.9 Å². The number of rotatable bonds is 8. The molecule has 106 valence electrons. The van der Waals surface area contributed by atoms with Crippen molar-refractivity contribution in [3.8, 4) is 5.75 Å². The molecule has 0 atom stereocenters. The number of thioether (sulfide) groups is 1. The van der Waals surface area contributed by atoms with Crippen molar-refractivity contribution in [2.45, 2.75) is 20.3 Å². The van der Waals surface area contributed by atoms with Gasteiger partial charge < -0.3 is 15.2 Å². The van der Waals surface area contributed by atoms with Gasteiger partial charge in [-0.1, -0.05) is 13.0 Å². The molecule has 19 heavy (non-hydrogen) atoms. The van der Waals surface area contributed by atoms with Gasteiger partial charge in [0.2, 0.25) is 0 Å². The van der Waals surface area contributed by atoms with E-state index < -0.39 is 0 Å². The number of hydrogen-bond acceptors (Lipinski definition) is 5. The largest absolute Gasteiger partial charge is 0.491 e. The van der Waals surface area contributed by atoms with Gasteiger partial charge in [-0.05, 0) is 37.0 Å². The van der Waals surface area contributed by atoms with Crippen molar-refractivity contribution in [1.29, 1.82) is 0 Å². The molecule has 0 spiro atoms. The van der Waals surface area contributed by atoms with E-state index in [1.54, 1.807) is 18.2 Å². The molecule has 0 bridgehead atoms. The number of anilines is 1. The molecule has 0 fully saturated rings. The number of hydrogen-bond donors (Lipinski definition) is 1. The number of carbonyl (C=O) groups is 1. The predicted molar refractivity (Wildman–Crippen MR) is 79.9 cm³/mol. The van der Waals surface area contributed by atoms with E-state index in [-0.39, 0.29) is 5.97 Å². The van der Waals surface area contributed by atoms with Gasteiger partial charge >= 0.3 is 5.97 Å². The summed E-state index contributed by atoms with van der Waals surface area (Å²) in [4.78, 5) is 12.0. The third-order valence-corrected chi connectivity index (χ3v) is 3.41. The fourth-order valence-electron chi connectivity index (χ4n) is 1.57. The first-order valence-electron chi connectivity index (χ1n) is 6.46. The van der Waals surface area contributed by atoms with Gasteiger partial charge in [0.1, 0.15) is 5.56 Å². The summed E-state index contributed by atoms with van der Waals surface area (Å²) in [6, 6.07) is 5.10. The Kier molecular flexibility index (Phi) is 7.18. The smallest absolute Gasteiger partial charge is 0.342 e. The zero-order chi connectivity index (χ0) is 14.1. The molecule has 0 radical (unpaired) electrons. The lowest BCUT2D eigenvalue weighted by atomic mass is 10.1. The van der Waals surface area contributed by atoms with Crippen LogP contribution in [0.25, 0.3) is 0 Å². The minimum absolute atomic E-state index is 0.378. The Bertz CT molecular complexity index is 410. The van der Waals surface area contributed by atoms with Crippen LogP contribution in [-0.2, 0) is 4.74 Å². The highest BCUT2D eigenvalue weighted by Gasteiger charge is 2.15. The van der Waals surface area contributed by atoms with Gasteiger partial charge in [0.15, 0.2) is 5.75 Å². The van der Waals surface area contributed by atoms with Gasteiger partial charge in [0.05, 0.1) is 18.9 Å². The van der Waals surface area contributed by atoms with E-state index in [2.05, 4.69) is 6.92 Å². The summed E-state index contributed by atoms with van der Waals surface area (Å²) in [6.45, 7) is 4.84. The lowest BCUT2D eigenvalue weighted by Gasteiger charge is -2.12. The number of carbonyl (C=O) groups excluding carboxylic acids is 1. The number of nitrogens with two attached hydrogens (primary N) is 1. The number of ether oxygens (including phenoxy) is 2. The molecule has 5 heteroatoms. The molecule has 1 aromatic carbocycles. The van der Waals surface area contributed by atoms with Gasteiger partial charge in [-0.15, -0.1) is 0 Å². The lowest BCUT2D eigenvalue weighted by Crippen LogP contribution is -2.10. The maximum Gasteiger partial charge on any atom is 0.342 e. The number of para-hydroxylation sites is 1. The van der Waals surface area contributed by atoms with E-state index in [1.165, 1.54) is 0 Å². The van der Waals surface area contributed by atoms with Crippen LogP contribution in [0.4, 0.5) is 5.69 Å². The van der Waals surface area contributed by atoms with Crippen LogP contribution in [0, 0.1) is 0 Å². The van der Waals surface area contributed by atoms with E-state index in [1.807, 2.05) is 18.7 Å². The van der Waals surface area contributed by atoms with Crippen LogP contribution in [0.5, 0.6) is 5.75 Å². The second-order valence-corrected chi connectivity index (χ2v) is 5.24. The minimum Gasteiger partial charge on any atom is -0.491 e. The minimum atomic E-state index is -0.378. The highest BCUT2D eigenvalue weighted by atomic mass is 32.2. The standard InChI is InChI=1S/C14H21NO3S/c1-3-17-13-11(7-5-8-12(13)15)14(16)18-9-6-10-19-4-2/h5,7-8H,3-4,6,9-10,15H2,1-2H3. The van der Waals surface area contributed by atoms with Crippen LogP contribution in [0.15, 0.2) is 18.2 Å². The van der Waals surface area contributed by atoms with Crippen molar-refractivity contribution in [3.63, 3.8) is 0 Å². The summed E-state index contributed by atoms with van der Waals surface area (Å²) >= 11 is 1.83. The Hall–Kier alpha value is -1.36. The number of benzene rings is 1. The molecule has 0 amide bonds. The Labute approximate surface area is 118 Å². The fraction of sp³-hybridized carbons (Fsp3) is 0.500. The van der Waals surface area contributed by atoms with Gasteiger partial charge in [-0.3, -0.25) is 0 Å². The normalized spacial score (nSPS) is 10.2. The molecule has 0 saturated heterocycles. The van der Waals surface area contributed by atoms with Crippen LogP contribution in [-0.4, -0.2) is 30.7 Å². The van der Waals surface area contributed by atoms with Gasteiger partial charge in [0, 0.05) is 0 Å². The summed E-state index contributed by atoms with van der Waals surface area (Å²) < 4.78 is 10.6. The van der Waals surface area contributed by atoms with E-state index in [9.17, 15) is 4.79 Å². The highest BCUT2D eigenvalue weighted by Crippen LogP contribution is 2.27. The van der Waals surface area contributed by atoms with Crippen LogP contribution in [0.1, 0.15) is 30.6 Å². The number of nitrogen functional groups attached to an aromatic ring is 1. The van der Waals surface area contributed by atoms with Crippen molar-refractivity contribution >= 4 is 23.4 Å². The first-order valence-corrected chi connectivity index (χ1v) is 7.62. The van der Waals surface area contributed by atoms with Crippen molar-refractivity contribution in [2.75, 3.05) is 30.5 Å². The molecule has 0 saturated carbocycles. The molecule has 1 aromatic rings. The average molecular weight is 283 g/mol. The zero-order valence-corrected chi connectivity index (χ0v) is 12.3. The molecule has 2 N–H and O–H groups in total. The summed E-state index contributed by atoms with van der Waals surface area (Å²) in [6.07, 6.45) is 0.858. The lowest BCUT2D eigenvalue weighted by molar-refractivity contribution is 0.0502. The number of esters is 1. The van der Waals surface area contributed by atoms with E-state index >= 15 is 0 Å². The molecule has 0 heterocycles. The summed E-state index contributed by atoms with van der Waals surface area (Å²) in [5.74, 6) is 2.12. The fourth-order valence-corrected chi connectivity index (χ4v) is 2.18. The first kappa shape index (κ1) is 15.7. The van der Waals surface area contributed by atoms with E-state index in [4.69, 9.17) is 15.2 Å². The summed E-state index contributed by atoms with van der Waals surface area (Å²) in [5.41, 5.74) is 6.65. The molecule has 0 aliphatic rings. The molecule has 0 aliphatic carbocycles. The monoisotopic (exact) mass is 283 g/mol. The van der Waals surface area contributed by atoms with Gasteiger partial charge in [-0.2, -0.15) is 11.8 Å². The Balaban J connectivity index is 2.58. The third-order valence-electron chi connectivity index (χ3n) is 2.42. The Morgan fingerprint density at radius 2 is 2.16 bits per heavy atom. The predicted octanol–water partition coefficient (Wildman–Crippen LogP) is 2.97. The van der Waals surface area contributed by atoms with Crippen LogP contribution in [0.2, 0.25) is 0 Å². The second-order valence-electron chi connectivity index (χ2n) is 3.84. The quantitative estimate of drug-likeness (QED) is 0.451. The molecule has 0 aliphatic heterocycles. The molecule has 0 unspecified atom stereocenters. The molecule has 0 aromatic heterocycles. The highest BCUT2D eigenvalue weighted by molar-refractivity contribution is 7.99. The maximum atomic E-state index is 12.0. The summed E-state index contributed by atoms with van der Waals surface area (Å²) in [7, 11) is 0.